The maximum Gasteiger partial charge on any atom is 0.325 e. The number of rotatable bonds is 7. The van der Waals surface area contributed by atoms with Gasteiger partial charge in [-0.05, 0) is 40.8 Å². The molecule has 0 bridgehead atoms. The molecule has 1 aromatic heterocycles. The highest BCUT2D eigenvalue weighted by atomic mass is 32.2. The van der Waals surface area contributed by atoms with E-state index >= 15 is 0 Å². The molecule has 0 spiro atoms. The zero-order valence-corrected chi connectivity index (χ0v) is 17.8. The van der Waals surface area contributed by atoms with Crippen molar-refractivity contribution < 1.29 is 23.4 Å². The molecule has 3 atom stereocenters. The molecule has 1 aliphatic rings. The standard InChI is InChI=1S/C22H21NO5S2/c1-14-20(16-7-3-2-4-8-16)22(14,21(25)26)23-30(27,28)19-11-10-18(29-19)17-9-5-6-15(12-17)13-24/h2-12,14,20,23-24H,13H2,1H3,(H,25,26). The maximum atomic E-state index is 13.1. The summed E-state index contributed by atoms with van der Waals surface area (Å²) in [7, 11) is -4.04. The first kappa shape index (κ1) is 20.7. The van der Waals surface area contributed by atoms with Crippen LogP contribution in [-0.2, 0) is 21.4 Å². The van der Waals surface area contributed by atoms with E-state index in [9.17, 15) is 23.4 Å². The van der Waals surface area contributed by atoms with Gasteiger partial charge >= 0.3 is 5.97 Å². The first-order valence-corrected chi connectivity index (χ1v) is 11.7. The van der Waals surface area contributed by atoms with Crippen LogP contribution in [0.4, 0.5) is 0 Å². The molecule has 1 heterocycles. The van der Waals surface area contributed by atoms with E-state index in [0.717, 1.165) is 32.9 Å². The van der Waals surface area contributed by atoms with E-state index in [4.69, 9.17) is 0 Å². The maximum absolute atomic E-state index is 13.1. The third-order valence-electron chi connectivity index (χ3n) is 5.66. The largest absolute Gasteiger partial charge is 0.480 e. The van der Waals surface area contributed by atoms with Crippen LogP contribution in [0.25, 0.3) is 10.4 Å². The molecule has 1 fully saturated rings. The van der Waals surface area contributed by atoms with E-state index in [2.05, 4.69) is 4.72 Å². The van der Waals surface area contributed by atoms with Crippen LogP contribution < -0.4 is 4.72 Å². The first-order chi connectivity index (χ1) is 14.3. The molecule has 156 valence electrons. The molecular formula is C22H21NO5S2. The van der Waals surface area contributed by atoms with Gasteiger partial charge in [0.2, 0.25) is 0 Å². The van der Waals surface area contributed by atoms with Crippen LogP contribution in [0.1, 0.15) is 24.0 Å². The summed E-state index contributed by atoms with van der Waals surface area (Å²) in [4.78, 5) is 12.9. The number of benzene rings is 2. The van der Waals surface area contributed by atoms with Gasteiger partial charge in [-0.15, -0.1) is 11.3 Å². The average Bonchev–Trinajstić information content (AvgIpc) is 3.08. The predicted octanol–water partition coefficient (Wildman–Crippen LogP) is 3.44. The van der Waals surface area contributed by atoms with Gasteiger partial charge in [0.05, 0.1) is 6.61 Å². The van der Waals surface area contributed by atoms with Crippen LogP contribution in [0.5, 0.6) is 0 Å². The zero-order valence-electron chi connectivity index (χ0n) is 16.1. The highest BCUT2D eigenvalue weighted by Gasteiger charge is 2.70. The lowest BCUT2D eigenvalue weighted by molar-refractivity contribution is -0.140. The molecule has 3 unspecified atom stereocenters. The summed E-state index contributed by atoms with van der Waals surface area (Å²) < 4.78 is 28.7. The Kier molecular flexibility index (Phi) is 5.27. The number of thiophene rings is 1. The molecule has 6 nitrogen and oxygen atoms in total. The van der Waals surface area contributed by atoms with E-state index in [1.54, 1.807) is 31.2 Å². The number of hydrogen-bond donors (Lipinski definition) is 3. The van der Waals surface area contributed by atoms with Crippen molar-refractivity contribution in [2.24, 2.45) is 5.92 Å². The smallest absolute Gasteiger partial charge is 0.325 e. The van der Waals surface area contributed by atoms with E-state index in [0.29, 0.717) is 0 Å². The Labute approximate surface area is 178 Å². The van der Waals surface area contributed by atoms with Gasteiger partial charge in [0.25, 0.3) is 10.0 Å². The lowest BCUT2D eigenvalue weighted by Gasteiger charge is -2.15. The fourth-order valence-corrected chi connectivity index (χ4v) is 6.78. The van der Waals surface area contributed by atoms with Gasteiger partial charge in [0.15, 0.2) is 0 Å². The number of carboxylic acids is 1. The minimum Gasteiger partial charge on any atom is -0.480 e. The molecule has 0 radical (unpaired) electrons. The second-order valence-corrected chi connectivity index (χ2v) is 10.4. The average molecular weight is 444 g/mol. The first-order valence-electron chi connectivity index (χ1n) is 9.42. The summed E-state index contributed by atoms with van der Waals surface area (Å²) in [6.45, 7) is 1.64. The molecule has 0 aliphatic heterocycles. The van der Waals surface area contributed by atoms with E-state index < -0.39 is 27.4 Å². The van der Waals surface area contributed by atoms with Crippen molar-refractivity contribution in [3.8, 4) is 10.4 Å². The minimum absolute atomic E-state index is 0.0541. The number of aliphatic hydroxyl groups excluding tert-OH is 1. The fraction of sp³-hybridized carbons (Fsp3) is 0.227. The van der Waals surface area contributed by atoms with E-state index in [-0.39, 0.29) is 16.7 Å². The Morgan fingerprint density at radius 1 is 1.10 bits per heavy atom. The monoisotopic (exact) mass is 443 g/mol. The summed E-state index contributed by atoms with van der Waals surface area (Å²) in [5, 5.41) is 19.2. The predicted molar refractivity (Wildman–Crippen MR) is 115 cm³/mol. The summed E-state index contributed by atoms with van der Waals surface area (Å²) >= 11 is 1.07. The van der Waals surface area contributed by atoms with Gasteiger partial charge in [-0.2, -0.15) is 4.72 Å². The van der Waals surface area contributed by atoms with Gasteiger partial charge in [-0.3, -0.25) is 4.79 Å². The normalized spacial score (nSPS) is 23.3. The number of carboxylic acid groups (broad SMARTS) is 1. The van der Waals surface area contributed by atoms with Crippen LogP contribution in [0.2, 0.25) is 0 Å². The lowest BCUT2D eigenvalue weighted by Crippen LogP contribution is -2.45. The SMILES string of the molecule is CC1C(c2ccccc2)C1(NS(=O)(=O)c1ccc(-c2cccc(CO)c2)s1)C(=O)O. The second kappa shape index (κ2) is 7.63. The lowest BCUT2D eigenvalue weighted by atomic mass is 10.1. The van der Waals surface area contributed by atoms with Crippen molar-refractivity contribution >= 4 is 27.3 Å². The molecule has 3 N–H and O–H groups in total. The Morgan fingerprint density at radius 2 is 1.83 bits per heavy atom. The third-order valence-corrected chi connectivity index (χ3v) is 8.77. The van der Waals surface area contributed by atoms with Crippen LogP contribution in [0, 0.1) is 5.92 Å². The number of sulfonamides is 1. The molecule has 0 amide bonds. The Bertz CT molecular complexity index is 1190. The molecule has 1 saturated carbocycles. The van der Waals surface area contributed by atoms with Gasteiger partial charge in [0.1, 0.15) is 9.75 Å². The summed E-state index contributed by atoms with van der Waals surface area (Å²) in [5.74, 6) is -2.00. The van der Waals surface area contributed by atoms with Crippen LogP contribution >= 0.6 is 11.3 Å². The zero-order chi connectivity index (χ0) is 21.5. The van der Waals surface area contributed by atoms with Crippen molar-refractivity contribution in [1.29, 1.82) is 0 Å². The van der Waals surface area contributed by atoms with Gasteiger partial charge in [-0.1, -0.05) is 55.5 Å². The summed E-state index contributed by atoms with van der Waals surface area (Å²) in [6, 6.07) is 19.5. The number of carbonyl (C=O) groups is 1. The van der Waals surface area contributed by atoms with Crippen molar-refractivity contribution in [1.82, 2.24) is 4.72 Å². The van der Waals surface area contributed by atoms with Gasteiger partial charge < -0.3 is 10.2 Å². The quantitative estimate of drug-likeness (QED) is 0.519. The Morgan fingerprint density at radius 3 is 2.50 bits per heavy atom. The second-order valence-electron chi connectivity index (χ2n) is 7.43. The molecular weight excluding hydrogens is 422 g/mol. The number of hydrogen-bond acceptors (Lipinski definition) is 5. The van der Waals surface area contributed by atoms with Crippen LogP contribution in [-0.4, -0.2) is 30.1 Å². The topological polar surface area (TPSA) is 104 Å². The van der Waals surface area contributed by atoms with Gasteiger partial charge in [-0.25, -0.2) is 8.42 Å². The summed E-state index contributed by atoms with van der Waals surface area (Å²) in [6.07, 6.45) is 0. The highest BCUT2D eigenvalue weighted by molar-refractivity contribution is 7.91. The third kappa shape index (κ3) is 3.45. The van der Waals surface area contributed by atoms with Gasteiger partial charge in [0, 0.05) is 10.8 Å². The number of aliphatic carboxylic acids is 1. The highest BCUT2D eigenvalue weighted by Crippen LogP contribution is 2.58. The molecule has 30 heavy (non-hydrogen) atoms. The fourth-order valence-electron chi connectivity index (χ4n) is 4.02. The van der Waals surface area contributed by atoms with Crippen molar-refractivity contribution in [2.45, 2.75) is 29.2 Å². The molecule has 1 aliphatic carbocycles. The molecule has 8 heteroatoms. The number of nitrogens with one attached hydrogen (secondary N) is 1. The van der Waals surface area contributed by atoms with Crippen molar-refractivity contribution in [3.05, 3.63) is 77.9 Å². The Hall–Kier alpha value is -2.52. The van der Waals surface area contributed by atoms with Crippen molar-refractivity contribution in [3.63, 3.8) is 0 Å². The summed E-state index contributed by atoms with van der Waals surface area (Å²) in [5.41, 5.74) is 0.748. The minimum atomic E-state index is -4.04. The molecule has 2 aromatic carbocycles. The number of aliphatic hydroxyl groups is 1. The van der Waals surface area contributed by atoms with E-state index in [1.165, 1.54) is 6.07 Å². The molecule has 3 aromatic rings. The Balaban J connectivity index is 1.64. The van der Waals surface area contributed by atoms with Crippen molar-refractivity contribution in [2.75, 3.05) is 0 Å². The van der Waals surface area contributed by atoms with Crippen LogP contribution in [0.3, 0.4) is 0 Å². The van der Waals surface area contributed by atoms with E-state index in [1.807, 2.05) is 36.4 Å². The molecule has 0 saturated heterocycles. The molecule has 4 rings (SSSR count). The van der Waals surface area contributed by atoms with Crippen LogP contribution in [0.15, 0.2) is 70.9 Å².